The summed E-state index contributed by atoms with van der Waals surface area (Å²) in [6.07, 6.45) is 8.88. The molecule has 4 unspecified atom stereocenters. The van der Waals surface area contributed by atoms with Crippen molar-refractivity contribution < 1.29 is 37.4 Å². The lowest BCUT2D eigenvalue weighted by Crippen LogP contribution is -2.32. The quantitative estimate of drug-likeness (QED) is 0.136. The van der Waals surface area contributed by atoms with E-state index in [1.807, 2.05) is 26.0 Å². The Labute approximate surface area is 214 Å². The molecule has 206 valence electrons. The summed E-state index contributed by atoms with van der Waals surface area (Å²) in [5.41, 5.74) is 0. The van der Waals surface area contributed by atoms with Crippen LogP contribution in [-0.4, -0.2) is 48.6 Å². The third-order valence-electron chi connectivity index (χ3n) is 6.86. The van der Waals surface area contributed by atoms with Crippen molar-refractivity contribution in [2.45, 2.75) is 129 Å². The Bertz CT molecular complexity index is 730. The van der Waals surface area contributed by atoms with Crippen LogP contribution in [0.1, 0.15) is 104 Å². The number of unbranched alkanes of at least 4 members (excludes halogenated alkanes) is 1. The van der Waals surface area contributed by atoms with Crippen molar-refractivity contribution in [1.82, 2.24) is 0 Å². The van der Waals surface area contributed by atoms with E-state index in [9.17, 15) is 23.2 Å². The van der Waals surface area contributed by atoms with E-state index in [2.05, 4.69) is 0 Å². The van der Waals surface area contributed by atoms with E-state index in [4.69, 9.17) is 14.2 Å². The number of ketones is 2. The highest BCUT2D eigenvalue weighted by Gasteiger charge is 2.44. The van der Waals surface area contributed by atoms with Gasteiger partial charge in [-0.15, -0.1) is 0 Å². The molecule has 2 fully saturated rings. The van der Waals surface area contributed by atoms with E-state index in [1.165, 1.54) is 0 Å². The van der Waals surface area contributed by atoms with Gasteiger partial charge in [0.2, 0.25) is 5.78 Å². The fourth-order valence-electron chi connectivity index (χ4n) is 5.04. The molecule has 0 bridgehead atoms. The second-order valence-corrected chi connectivity index (χ2v) is 10.3. The minimum absolute atomic E-state index is 0.105. The second kappa shape index (κ2) is 15.6. The lowest BCUT2D eigenvalue weighted by Gasteiger charge is -2.30. The molecule has 36 heavy (non-hydrogen) atoms. The first-order valence-electron chi connectivity index (χ1n) is 13.7. The van der Waals surface area contributed by atoms with E-state index in [0.717, 1.165) is 19.3 Å². The number of carbonyl (C=O) groups is 3. The predicted molar refractivity (Wildman–Crippen MR) is 133 cm³/mol. The smallest absolute Gasteiger partial charge is 0.306 e. The van der Waals surface area contributed by atoms with Crippen LogP contribution < -0.4 is 0 Å². The summed E-state index contributed by atoms with van der Waals surface area (Å²) in [5, 5.41) is 0. The van der Waals surface area contributed by atoms with Gasteiger partial charge in [0, 0.05) is 38.2 Å². The molecule has 2 aliphatic rings. The third-order valence-corrected chi connectivity index (χ3v) is 6.86. The minimum Gasteiger partial charge on any atom is -0.463 e. The number of alkyl halides is 2. The van der Waals surface area contributed by atoms with Gasteiger partial charge in [-0.05, 0) is 77.6 Å². The van der Waals surface area contributed by atoms with E-state index >= 15 is 0 Å². The largest absolute Gasteiger partial charge is 0.463 e. The highest BCUT2D eigenvalue weighted by Crippen LogP contribution is 2.39. The lowest BCUT2D eigenvalue weighted by molar-refractivity contribution is -0.196. The van der Waals surface area contributed by atoms with E-state index in [-0.39, 0.29) is 61.3 Å². The Morgan fingerprint density at radius 1 is 1.17 bits per heavy atom. The van der Waals surface area contributed by atoms with Crippen LogP contribution in [0.5, 0.6) is 0 Å². The molecule has 0 aromatic heterocycles. The molecule has 1 saturated heterocycles. The van der Waals surface area contributed by atoms with Gasteiger partial charge in [-0.3, -0.25) is 14.4 Å². The van der Waals surface area contributed by atoms with Gasteiger partial charge < -0.3 is 14.2 Å². The van der Waals surface area contributed by atoms with Gasteiger partial charge in [-0.1, -0.05) is 19.1 Å². The maximum absolute atomic E-state index is 13.9. The number of allylic oxidation sites excluding steroid dienone is 2. The van der Waals surface area contributed by atoms with Crippen molar-refractivity contribution in [3.8, 4) is 0 Å². The topological polar surface area (TPSA) is 78.9 Å². The fraction of sp³-hybridized carbons (Fsp3) is 0.821. The molecule has 0 spiro atoms. The summed E-state index contributed by atoms with van der Waals surface area (Å²) in [7, 11) is 0. The van der Waals surface area contributed by atoms with Gasteiger partial charge in [0.25, 0.3) is 0 Å². The van der Waals surface area contributed by atoms with E-state index < -0.39 is 18.1 Å². The summed E-state index contributed by atoms with van der Waals surface area (Å²) >= 11 is 0. The Morgan fingerprint density at radius 3 is 2.61 bits per heavy atom. The van der Waals surface area contributed by atoms with Crippen molar-refractivity contribution in [3.05, 3.63) is 12.2 Å². The number of hydrogen-bond acceptors (Lipinski definition) is 6. The normalized spacial score (nSPS) is 25.1. The average molecular weight is 515 g/mol. The van der Waals surface area contributed by atoms with Crippen LogP contribution in [0.15, 0.2) is 12.2 Å². The zero-order valence-electron chi connectivity index (χ0n) is 22.1. The molecule has 0 radical (unpaired) electrons. The van der Waals surface area contributed by atoms with E-state index in [0.29, 0.717) is 45.1 Å². The first-order chi connectivity index (χ1) is 17.1. The molecule has 8 heteroatoms. The maximum atomic E-state index is 13.9. The number of carbonyl (C=O) groups excluding carboxylic acids is 3. The Hall–Kier alpha value is -1.67. The molecule has 0 amide bonds. The third kappa shape index (κ3) is 10.4. The number of ether oxygens (including phenoxy) is 3. The molecular formula is C28H44F2O6. The number of rotatable bonds is 16. The molecule has 0 aromatic rings. The van der Waals surface area contributed by atoms with Crippen LogP contribution >= 0.6 is 0 Å². The molecule has 4 atom stereocenters. The monoisotopic (exact) mass is 514 g/mol. The van der Waals surface area contributed by atoms with Gasteiger partial charge in [-0.2, -0.15) is 8.78 Å². The van der Waals surface area contributed by atoms with Crippen LogP contribution in [-0.2, 0) is 28.6 Å². The molecule has 1 heterocycles. The molecule has 1 saturated carbocycles. The number of hydrogen-bond donors (Lipinski definition) is 0. The molecule has 2 rings (SSSR count). The Morgan fingerprint density at radius 2 is 1.94 bits per heavy atom. The molecule has 1 aliphatic carbocycles. The zero-order chi connectivity index (χ0) is 26.6. The van der Waals surface area contributed by atoms with Crippen molar-refractivity contribution in [2.75, 3.05) is 6.61 Å². The lowest BCUT2D eigenvalue weighted by atomic mass is 9.86. The minimum atomic E-state index is -3.28. The van der Waals surface area contributed by atoms with Gasteiger partial charge in [0.05, 0.1) is 12.2 Å². The summed E-state index contributed by atoms with van der Waals surface area (Å²) in [5.74, 6) is -4.82. The average Bonchev–Trinajstić information content (AvgIpc) is 3.10. The van der Waals surface area contributed by atoms with Crippen LogP contribution in [0, 0.1) is 11.8 Å². The van der Waals surface area contributed by atoms with Crippen molar-refractivity contribution in [1.29, 1.82) is 0 Å². The van der Waals surface area contributed by atoms with Crippen molar-refractivity contribution in [2.24, 2.45) is 11.8 Å². The first-order valence-corrected chi connectivity index (χ1v) is 13.7. The van der Waals surface area contributed by atoms with Crippen LogP contribution in [0.2, 0.25) is 0 Å². The van der Waals surface area contributed by atoms with Crippen LogP contribution in [0.25, 0.3) is 0 Å². The molecule has 0 N–H and O–H groups in total. The standard InChI is InChI=1S/C28H44F2O6/c1-4-17-28(29,30)25(32)14-11-13-22-21(12-7-5-6-8-15-26(33)35-20(2)3)23(31)19-24(22)36-27-16-9-10-18-34-27/h5,7,20-22,24,27H,4,6,8-19H2,1-3H3/b7-5-. The second-order valence-electron chi connectivity index (χ2n) is 10.3. The van der Waals surface area contributed by atoms with E-state index in [1.54, 1.807) is 6.92 Å². The van der Waals surface area contributed by atoms with Crippen LogP contribution in [0.4, 0.5) is 8.78 Å². The van der Waals surface area contributed by atoms with Gasteiger partial charge >= 0.3 is 11.9 Å². The zero-order valence-corrected chi connectivity index (χ0v) is 22.1. The highest BCUT2D eigenvalue weighted by molar-refractivity contribution is 5.86. The number of halogens is 2. The van der Waals surface area contributed by atoms with Crippen molar-refractivity contribution in [3.63, 3.8) is 0 Å². The summed E-state index contributed by atoms with van der Waals surface area (Å²) < 4.78 is 44.9. The number of Topliss-reactive ketones (excluding diaryl/α,β-unsaturated/α-hetero) is 2. The van der Waals surface area contributed by atoms with Gasteiger partial charge in [0.15, 0.2) is 6.29 Å². The Kier molecular flexibility index (Phi) is 13.2. The number of esters is 1. The van der Waals surface area contributed by atoms with Crippen LogP contribution in [0.3, 0.4) is 0 Å². The molecule has 1 aliphatic heterocycles. The molecule has 0 aromatic carbocycles. The summed E-state index contributed by atoms with van der Waals surface area (Å²) in [6, 6.07) is 0. The van der Waals surface area contributed by atoms with Gasteiger partial charge in [-0.25, -0.2) is 0 Å². The SMILES string of the molecule is CCCC(F)(F)C(=O)CCCC1C(OC2CCCCO2)CC(=O)C1C/C=C\CCCC(=O)OC(C)C. The summed E-state index contributed by atoms with van der Waals surface area (Å²) in [6.45, 7) is 5.90. The molecular weight excluding hydrogens is 470 g/mol. The first kappa shape index (κ1) is 30.6. The Balaban J connectivity index is 1.92. The summed E-state index contributed by atoms with van der Waals surface area (Å²) in [4.78, 5) is 36.6. The highest BCUT2D eigenvalue weighted by atomic mass is 19.3. The van der Waals surface area contributed by atoms with Crippen molar-refractivity contribution >= 4 is 17.5 Å². The predicted octanol–water partition coefficient (Wildman–Crippen LogP) is 6.35. The molecule has 6 nitrogen and oxygen atoms in total. The maximum Gasteiger partial charge on any atom is 0.306 e. The fourth-order valence-corrected chi connectivity index (χ4v) is 5.04. The van der Waals surface area contributed by atoms with Gasteiger partial charge in [0.1, 0.15) is 5.78 Å².